The predicted octanol–water partition coefficient (Wildman–Crippen LogP) is 3.32. The van der Waals surface area contributed by atoms with Gasteiger partial charge in [-0.05, 0) is 24.3 Å². The van der Waals surface area contributed by atoms with Gasteiger partial charge >= 0.3 is 5.00 Å². The molecular weight excluding hydrogens is 292 g/mol. The van der Waals surface area contributed by atoms with Crippen LogP contribution in [0.25, 0.3) is 6.08 Å². The van der Waals surface area contributed by atoms with Gasteiger partial charge in [-0.15, -0.1) is 0 Å². The van der Waals surface area contributed by atoms with Crippen molar-refractivity contribution < 1.29 is 14.5 Å². The molecule has 1 aromatic carbocycles. The lowest BCUT2D eigenvalue weighted by Crippen LogP contribution is -2.07. The number of nitrogens with zero attached hydrogens (tertiary/aromatic N) is 1. The number of thiophene rings is 1. The number of carbonyl (C=O) groups excluding carboxylic acids is 1. The average Bonchev–Trinajstić information content (AvgIpc) is 2.94. The zero-order valence-corrected chi connectivity index (χ0v) is 11.9. The summed E-state index contributed by atoms with van der Waals surface area (Å²) in [6, 6.07) is 9.98. The Morgan fingerprint density at radius 3 is 2.86 bits per heavy atom. The molecule has 0 radical (unpaired) electrons. The Kier molecular flexibility index (Phi) is 4.68. The van der Waals surface area contributed by atoms with Crippen LogP contribution in [-0.2, 0) is 4.79 Å². The lowest BCUT2D eigenvalue weighted by Gasteiger charge is -2.04. The van der Waals surface area contributed by atoms with Crippen molar-refractivity contribution in [2.24, 2.45) is 0 Å². The average molecular weight is 304 g/mol. The van der Waals surface area contributed by atoms with Crippen LogP contribution in [0.15, 0.2) is 42.5 Å². The number of ether oxygens (including phenoxy) is 1. The van der Waals surface area contributed by atoms with Gasteiger partial charge in [0.15, 0.2) is 0 Å². The maximum Gasteiger partial charge on any atom is 0.324 e. The summed E-state index contributed by atoms with van der Waals surface area (Å²) in [5.41, 5.74) is 0.612. The maximum atomic E-state index is 11.8. The molecule has 0 spiro atoms. The molecule has 0 bridgehead atoms. The third-order valence-corrected chi connectivity index (χ3v) is 3.53. The first-order valence-electron chi connectivity index (χ1n) is 5.96. The van der Waals surface area contributed by atoms with E-state index < -0.39 is 4.92 Å². The third-order valence-electron chi connectivity index (χ3n) is 2.53. The fourth-order valence-electron chi connectivity index (χ4n) is 1.57. The van der Waals surface area contributed by atoms with E-state index in [9.17, 15) is 14.9 Å². The summed E-state index contributed by atoms with van der Waals surface area (Å²) < 4.78 is 5.06. The number of benzene rings is 1. The van der Waals surface area contributed by atoms with E-state index in [1.807, 2.05) is 0 Å². The first-order chi connectivity index (χ1) is 10.1. The standard InChI is InChI=1S/C14H12N2O4S/c1-20-11-4-2-3-10(9-11)15-13(17)7-5-12-6-8-14(21-12)16(18)19/h2-9H,1H3,(H,15,17)/b7-5+. The molecule has 0 aliphatic carbocycles. The molecule has 0 aliphatic heterocycles. The van der Waals surface area contributed by atoms with E-state index in [0.717, 1.165) is 11.3 Å². The van der Waals surface area contributed by atoms with Crippen molar-refractivity contribution in [2.75, 3.05) is 12.4 Å². The number of hydrogen-bond acceptors (Lipinski definition) is 5. The quantitative estimate of drug-likeness (QED) is 0.522. The number of carbonyl (C=O) groups is 1. The van der Waals surface area contributed by atoms with Gasteiger partial charge in [0, 0.05) is 28.8 Å². The lowest BCUT2D eigenvalue weighted by atomic mass is 10.3. The molecule has 2 rings (SSSR count). The summed E-state index contributed by atoms with van der Waals surface area (Å²) >= 11 is 1.01. The number of nitro groups is 1. The summed E-state index contributed by atoms with van der Waals surface area (Å²) in [5.74, 6) is 0.324. The number of amides is 1. The number of methoxy groups -OCH3 is 1. The second-order valence-electron chi connectivity index (χ2n) is 3.99. The molecule has 0 unspecified atom stereocenters. The van der Waals surface area contributed by atoms with E-state index in [2.05, 4.69) is 5.32 Å². The zero-order valence-electron chi connectivity index (χ0n) is 11.1. The summed E-state index contributed by atoms with van der Waals surface area (Å²) in [6.07, 6.45) is 2.86. The molecule has 6 nitrogen and oxygen atoms in total. The van der Waals surface area contributed by atoms with E-state index in [-0.39, 0.29) is 10.9 Å². The van der Waals surface area contributed by atoms with Crippen molar-refractivity contribution in [1.29, 1.82) is 0 Å². The molecule has 0 atom stereocenters. The Bertz CT molecular complexity index is 694. The minimum absolute atomic E-state index is 0.0443. The predicted molar refractivity (Wildman–Crippen MR) is 81.6 cm³/mol. The number of rotatable bonds is 5. The van der Waals surface area contributed by atoms with Gasteiger partial charge in [-0.1, -0.05) is 17.4 Å². The van der Waals surface area contributed by atoms with Gasteiger partial charge in [0.2, 0.25) is 5.91 Å². The largest absolute Gasteiger partial charge is 0.497 e. The number of anilines is 1. The second kappa shape index (κ2) is 6.67. The van der Waals surface area contributed by atoms with E-state index in [0.29, 0.717) is 16.3 Å². The van der Waals surface area contributed by atoms with E-state index >= 15 is 0 Å². The Morgan fingerprint density at radius 1 is 1.38 bits per heavy atom. The summed E-state index contributed by atoms with van der Waals surface area (Å²) in [7, 11) is 1.55. The molecular formula is C14H12N2O4S. The van der Waals surface area contributed by atoms with Crippen LogP contribution in [0.2, 0.25) is 0 Å². The fourth-order valence-corrected chi connectivity index (χ4v) is 2.30. The summed E-state index contributed by atoms with van der Waals surface area (Å²) in [4.78, 5) is 22.5. The van der Waals surface area contributed by atoms with E-state index in [1.165, 1.54) is 18.2 Å². The Morgan fingerprint density at radius 2 is 2.19 bits per heavy atom. The molecule has 1 amide bonds. The van der Waals surface area contributed by atoms with E-state index in [1.54, 1.807) is 37.4 Å². The van der Waals surface area contributed by atoms with Crippen molar-refractivity contribution in [3.63, 3.8) is 0 Å². The van der Waals surface area contributed by atoms with Crippen molar-refractivity contribution in [1.82, 2.24) is 0 Å². The minimum Gasteiger partial charge on any atom is -0.497 e. The Hall–Kier alpha value is -2.67. The van der Waals surface area contributed by atoms with Crippen molar-refractivity contribution in [2.45, 2.75) is 0 Å². The van der Waals surface area contributed by atoms with Crippen LogP contribution in [0.1, 0.15) is 4.88 Å². The van der Waals surface area contributed by atoms with Gasteiger partial charge in [-0.2, -0.15) is 0 Å². The van der Waals surface area contributed by atoms with Crippen LogP contribution in [0.4, 0.5) is 10.7 Å². The maximum absolute atomic E-state index is 11.8. The van der Waals surface area contributed by atoms with Crippen LogP contribution >= 0.6 is 11.3 Å². The minimum atomic E-state index is -0.460. The first kappa shape index (κ1) is 14.7. The molecule has 0 aliphatic rings. The van der Waals surface area contributed by atoms with Crippen LogP contribution in [0.3, 0.4) is 0 Å². The Labute approximate surface area is 124 Å². The topological polar surface area (TPSA) is 81.5 Å². The summed E-state index contributed by atoms with van der Waals surface area (Å²) in [5, 5.41) is 13.3. The molecule has 2 aromatic rings. The van der Waals surface area contributed by atoms with Crippen LogP contribution in [-0.4, -0.2) is 17.9 Å². The molecule has 0 fully saturated rings. The SMILES string of the molecule is COc1cccc(NC(=O)/C=C/c2ccc([N+](=O)[O-])s2)c1. The fraction of sp³-hybridized carbons (Fsp3) is 0.0714. The van der Waals surface area contributed by atoms with Crippen molar-refractivity contribution >= 4 is 34.0 Å². The molecule has 0 saturated heterocycles. The monoisotopic (exact) mass is 304 g/mol. The first-order valence-corrected chi connectivity index (χ1v) is 6.77. The highest BCUT2D eigenvalue weighted by Crippen LogP contribution is 2.24. The van der Waals surface area contributed by atoms with Crippen LogP contribution in [0.5, 0.6) is 5.75 Å². The molecule has 1 aromatic heterocycles. The highest BCUT2D eigenvalue weighted by molar-refractivity contribution is 7.16. The highest BCUT2D eigenvalue weighted by atomic mass is 32.1. The molecule has 108 valence electrons. The van der Waals surface area contributed by atoms with Crippen molar-refractivity contribution in [3.05, 3.63) is 57.5 Å². The van der Waals surface area contributed by atoms with Gasteiger partial charge in [0.1, 0.15) is 5.75 Å². The molecule has 7 heteroatoms. The van der Waals surface area contributed by atoms with Crippen molar-refractivity contribution in [3.8, 4) is 5.75 Å². The Balaban J connectivity index is 2.00. The van der Waals surface area contributed by atoms with Gasteiger partial charge in [0.05, 0.1) is 12.0 Å². The normalized spacial score (nSPS) is 10.5. The van der Waals surface area contributed by atoms with Gasteiger partial charge in [-0.3, -0.25) is 14.9 Å². The van der Waals surface area contributed by atoms with Crippen LogP contribution < -0.4 is 10.1 Å². The molecule has 1 heterocycles. The highest BCUT2D eigenvalue weighted by Gasteiger charge is 2.08. The number of nitrogens with one attached hydrogen (secondary N) is 1. The van der Waals surface area contributed by atoms with Gasteiger partial charge in [-0.25, -0.2) is 0 Å². The molecule has 0 saturated carbocycles. The molecule has 21 heavy (non-hydrogen) atoms. The van der Waals surface area contributed by atoms with E-state index in [4.69, 9.17) is 4.74 Å². The third kappa shape index (κ3) is 4.15. The van der Waals surface area contributed by atoms with Crippen LogP contribution in [0, 0.1) is 10.1 Å². The number of hydrogen-bond donors (Lipinski definition) is 1. The van der Waals surface area contributed by atoms with Gasteiger partial charge < -0.3 is 10.1 Å². The van der Waals surface area contributed by atoms with Gasteiger partial charge in [0.25, 0.3) is 0 Å². The summed E-state index contributed by atoms with van der Waals surface area (Å²) in [6.45, 7) is 0. The smallest absolute Gasteiger partial charge is 0.324 e. The lowest BCUT2D eigenvalue weighted by molar-refractivity contribution is -0.380. The molecule has 1 N–H and O–H groups in total. The second-order valence-corrected chi connectivity index (χ2v) is 5.08. The zero-order chi connectivity index (χ0) is 15.2.